The normalized spacial score (nSPS) is 10.8. The third kappa shape index (κ3) is 5.29. The lowest BCUT2D eigenvalue weighted by Gasteiger charge is -2.31. The largest absolute Gasteiger partial charge is 0.462 e. The minimum absolute atomic E-state index is 0.0229. The summed E-state index contributed by atoms with van der Waals surface area (Å²) in [5.41, 5.74) is 0. The van der Waals surface area contributed by atoms with Gasteiger partial charge in [-0.1, -0.05) is 91.0 Å². The maximum Gasteiger partial charge on any atom is 0.407 e. The van der Waals surface area contributed by atoms with Crippen LogP contribution < -0.4 is 21.2 Å². The molecule has 0 saturated carbocycles. The predicted octanol–water partition coefficient (Wildman–Crippen LogP) is 3.03. The van der Waals surface area contributed by atoms with Gasteiger partial charge in [0.2, 0.25) is 0 Å². The van der Waals surface area contributed by atoms with Crippen LogP contribution in [-0.2, 0) is 19.1 Å². The van der Waals surface area contributed by atoms with E-state index in [0.717, 1.165) is 15.9 Å². The summed E-state index contributed by atoms with van der Waals surface area (Å²) in [6.45, 7) is 0.286. The van der Waals surface area contributed by atoms with E-state index in [0.29, 0.717) is 0 Å². The van der Waals surface area contributed by atoms with Gasteiger partial charge in [0.15, 0.2) is 5.78 Å². The topological polar surface area (TPSA) is 81.7 Å². The van der Waals surface area contributed by atoms with Crippen molar-refractivity contribution in [1.29, 1.82) is 0 Å². The number of carbonyl (C=O) groups is 3. The first-order valence-electron chi connectivity index (χ1n) is 11.1. The van der Waals surface area contributed by atoms with Gasteiger partial charge in [0, 0.05) is 0 Å². The van der Waals surface area contributed by atoms with Gasteiger partial charge in [-0.15, -0.1) is 0 Å². The van der Waals surface area contributed by atoms with Crippen LogP contribution in [0.2, 0.25) is 0 Å². The first kappa shape index (κ1) is 25.0. The van der Waals surface area contributed by atoms with Gasteiger partial charge in [-0.05, 0) is 36.6 Å². The Balaban J connectivity index is 2.44. The van der Waals surface area contributed by atoms with Crippen molar-refractivity contribution in [3.8, 4) is 0 Å². The SMILES string of the molecule is CCOC(=O)NCC(=O)C(C(=O)OCC)=P(c1ccccc1)(c1ccccc1)c1ccccc1. The molecule has 0 atom stereocenters. The van der Waals surface area contributed by atoms with Gasteiger partial charge in [-0.25, -0.2) is 9.59 Å². The highest BCUT2D eigenvalue weighted by Crippen LogP contribution is 2.46. The Hall–Kier alpha value is -3.63. The lowest BCUT2D eigenvalue weighted by molar-refractivity contribution is -0.135. The molecule has 6 nitrogen and oxygen atoms in total. The molecule has 0 bridgehead atoms. The van der Waals surface area contributed by atoms with Crippen molar-refractivity contribution >= 4 is 45.9 Å². The zero-order valence-electron chi connectivity index (χ0n) is 19.3. The van der Waals surface area contributed by atoms with Crippen molar-refractivity contribution < 1.29 is 23.9 Å². The molecule has 3 aromatic rings. The summed E-state index contributed by atoms with van der Waals surface area (Å²) in [5.74, 6) is -1.21. The number of hydrogen-bond acceptors (Lipinski definition) is 5. The molecule has 1 N–H and O–H groups in total. The molecule has 0 saturated heterocycles. The second kappa shape index (κ2) is 12.0. The zero-order valence-corrected chi connectivity index (χ0v) is 20.2. The van der Waals surface area contributed by atoms with Crippen molar-refractivity contribution in [2.45, 2.75) is 13.8 Å². The number of esters is 1. The van der Waals surface area contributed by atoms with E-state index >= 15 is 0 Å². The molecular weight excluding hydrogens is 449 g/mol. The molecule has 34 heavy (non-hydrogen) atoms. The van der Waals surface area contributed by atoms with Crippen molar-refractivity contribution in [2.75, 3.05) is 19.8 Å². The number of carbonyl (C=O) groups excluding carboxylic acids is 3. The Bertz CT molecular complexity index is 1070. The first-order valence-corrected chi connectivity index (χ1v) is 12.9. The molecular formula is C27H28NO5P. The van der Waals surface area contributed by atoms with Crippen LogP contribution in [0.25, 0.3) is 0 Å². The van der Waals surface area contributed by atoms with Crippen LogP contribution in [0.3, 0.4) is 0 Å². The molecule has 0 fully saturated rings. The van der Waals surface area contributed by atoms with Crippen LogP contribution in [0.5, 0.6) is 0 Å². The molecule has 3 rings (SSSR count). The second-order valence-corrected chi connectivity index (χ2v) is 10.6. The fourth-order valence-electron chi connectivity index (χ4n) is 3.84. The number of rotatable bonds is 9. The highest BCUT2D eigenvalue weighted by Gasteiger charge is 2.37. The van der Waals surface area contributed by atoms with E-state index in [1.54, 1.807) is 13.8 Å². The molecule has 0 aliphatic heterocycles. The predicted molar refractivity (Wildman–Crippen MR) is 137 cm³/mol. The molecule has 0 aliphatic carbocycles. The Labute approximate surface area is 199 Å². The molecule has 0 aromatic heterocycles. The van der Waals surface area contributed by atoms with Crippen LogP contribution in [0, 0.1) is 0 Å². The van der Waals surface area contributed by atoms with Gasteiger partial charge in [-0.3, -0.25) is 4.79 Å². The van der Waals surface area contributed by atoms with Gasteiger partial charge in [0.25, 0.3) is 0 Å². The molecule has 3 aromatic carbocycles. The fourth-order valence-corrected chi connectivity index (χ4v) is 8.16. The summed E-state index contributed by atoms with van der Waals surface area (Å²) in [5, 5.41) is 4.99. The molecule has 0 radical (unpaired) electrons. The molecule has 0 unspecified atom stereocenters. The first-order chi connectivity index (χ1) is 16.6. The van der Waals surface area contributed by atoms with Crippen LogP contribution >= 0.6 is 6.89 Å². The van der Waals surface area contributed by atoms with Crippen LogP contribution in [0.4, 0.5) is 4.79 Å². The van der Waals surface area contributed by atoms with E-state index in [1.807, 2.05) is 91.0 Å². The molecule has 0 aliphatic rings. The standard InChI is InChI=1S/C27H28NO5P/c1-3-32-26(30)25(24(29)20-28-27(31)33-4-2)34(21-14-8-5-9-15-21,22-16-10-6-11-17-22)23-18-12-7-13-19-23/h5-19H,3-4,20H2,1-2H3,(H,28,31). The summed E-state index contributed by atoms with van der Waals surface area (Å²) in [6, 6.07) is 28.6. The Morgan fingerprint density at radius 1 is 0.676 bits per heavy atom. The summed E-state index contributed by atoms with van der Waals surface area (Å²) < 4.78 is 10.3. The monoisotopic (exact) mass is 477 g/mol. The molecule has 0 spiro atoms. The van der Waals surface area contributed by atoms with Gasteiger partial charge in [0.05, 0.1) is 19.8 Å². The molecule has 176 valence electrons. The Kier molecular flexibility index (Phi) is 8.83. The Morgan fingerprint density at radius 2 is 1.09 bits per heavy atom. The number of alkyl carbamates (subject to hydrolysis) is 1. The number of Topliss-reactive ketones (excluding diaryl/α,β-unsaturated/α-hetero) is 1. The van der Waals surface area contributed by atoms with Gasteiger partial charge in [-0.2, -0.15) is 0 Å². The van der Waals surface area contributed by atoms with Gasteiger partial charge < -0.3 is 14.8 Å². The van der Waals surface area contributed by atoms with Gasteiger partial charge in [0.1, 0.15) is 5.29 Å². The third-order valence-corrected chi connectivity index (χ3v) is 9.49. The van der Waals surface area contributed by atoms with Gasteiger partial charge >= 0.3 is 12.1 Å². The number of hydrogen-bond donors (Lipinski definition) is 1. The van der Waals surface area contributed by atoms with Crippen LogP contribution in [0.15, 0.2) is 91.0 Å². The number of nitrogens with one attached hydrogen (secondary N) is 1. The van der Waals surface area contributed by atoms with E-state index < -0.39 is 24.7 Å². The highest BCUT2D eigenvalue weighted by atomic mass is 31.2. The quantitative estimate of drug-likeness (QED) is 0.291. The van der Waals surface area contributed by atoms with E-state index in [9.17, 15) is 14.4 Å². The minimum atomic E-state index is -2.98. The summed E-state index contributed by atoms with van der Waals surface area (Å²) in [6.07, 6.45) is -0.720. The number of ketones is 1. The average molecular weight is 477 g/mol. The highest BCUT2D eigenvalue weighted by molar-refractivity contribution is 7.97. The third-order valence-electron chi connectivity index (χ3n) is 5.17. The van der Waals surface area contributed by atoms with E-state index in [-0.39, 0.29) is 25.1 Å². The van der Waals surface area contributed by atoms with Crippen LogP contribution in [-0.4, -0.2) is 42.9 Å². The summed E-state index contributed by atoms with van der Waals surface area (Å²) >= 11 is 0. The minimum Gasteiger partial charge on any atom is -0.462 e. The van der Waals surface area contributed by atoms with Crippen molar-refractivity contribution in [2.24, 2.45) is 0 Å². The van der Waals surface area contributed by atoms with E-state index in [1.165, 1.54) is 0 Å². The zero-order chi connectivity index (χ0) is 24.4. The Morgan fingerprint density at radius 3 is 1.47 bits per heavy atom. The van der Waals surface area contributed by atoms with Crippen molar-refractivity contribution in [1.82, 2.24) is 5.32 Å². The number of amides is 1. The van der Waals surface area contributed by atoms with E-state index in [2.05, 4.69) is 5.32 Å². The number of benzene rings is 3. The summed E-state index contributed by atoms with van der Waals surface area (Å²) in [7, 11) is 0. The second-order valence-electron chi connectivity index (χ2n) is 7.24. The smallest absolute Gasteiger partial charge is 0.407 e. The maximum atomic E-state index is 13.8. The van der Waals surface area contributed by atoms with E-state index in [4.69, 9.17) is 9.47 Å². The van der Waals surface area contributed by atoms with Crippen molar-refractivity contribution in [3.05, 3.63) is 91.0 Å². The molecule has 1 amide bonds. The van der Waals surface area contributed by atoms with Crippen LogP contribution in [0.1, 0.15) is 13.8 Å². The lowest BCUT2D eigenvalue weighted by atomic mass is 10.3. The summed E-state index contributed by atoms with van der Waals surface area (Å²) in [4.78, 5) is 39.2. The lowest BCUT2D eigenvalue weighted by Crippen LogP contribution is -2.42. The fraction of sp³-hybridized carbons (Fsp3) is 0.185. The molecule has 7 heteroatoms. The van der Waals surface area contributed by atoms with Crippen molar-refractivity contribution in [3.63, 3.8) is 0 Å². The average Bonchev–Trinajstić information content (AvgIpc) is 2.87. The molecule has 0 heterocycles. The maximum absolute atomic E-state index is 13.8. The number of ether oxygens (including phenoxy) is 2.